The molecule has 41 heavy (non-hydrogen) atoms. The molecule has 5 aromatic rings. The summed E-state index contributed by atoms with van der Waals surface area (Å²) in [7, 11) is 0. The van der Waals surface area contributed by atoms with Crippen LogP contribution in [0.25, 0.3) is 27.7 Å². The van der Waals surface area contributed by atoms with Crippen molar-refractivity contribution < 1.29 is 38.4 Å². The second-order valence-corrected chi connectivity index (χ2v) is 9.42. The Kier molecular flexibility index (Phi) is 6.66. The Hall–Kier alpha value is -5.32. The van der Waals surface area contributed by atoms with Crippen LogP contribution in [0.3, 0.4) is 0 Å². The van der Waals surface area contributed by atoms with E-state index in [1.165, 1.54) is 47.0 Å². The predicted molar refractivity (Wildman–Crippen MR) is 146 cm³/mol. The quantitative estimate of drug-likeness (QED) is 0.161. The molecule has 0 bridgehead atoms. The van der Waals surface area contributed by atoms with E-state index < -0.39 is 23.6 Å². The SMILES string of the molecule is Cc1cc(-n2c(O)c(N=Nc3cccc(-c4cccc(C(=O)O)c4)c3O)c3ccc(C(F)(F)F)cc32)cc(C)c1O. The molecule has 4 N–H and O–H groups in total. The van der Waals surface area contributed by atoms with Crippen molar-refractivity contribution in [1.82, 2.24) is 4.57 Å². The number of fused-ring (bicyclic) bond motifs is 1. The van der Waals surface area contributed by atoms with E-state index in [1.54, 1.807) is 32.0 Å². The summed E-state index contributed by atoms with van der Waals surface area (Å²) < 4.78 is 42.0. The molecule has 4 aromatic carbocycles. The molecule has 8 nitrogen and oxygen atoms in total. The Morgan fingerprint density at radius 3 is 2.17 bits per heavy atom. The van der Waals surface area contributed by atoms with E-state index in [9.17, 15) is 38.4 Å². The standard InChI is InChI=1S/C30H22F3N3O5/c1-15-11-20(12-16(2)26(15)37)36-24-14-19(30(31,32)33)9-10-22(24)25(28(36)39)35-34-23-8-4-7-21(27(23)38)17-5-3-6-18(13-17)29(40)41/h3-14,37-39H,1-2H3,(H,40,41). The lowest BCUT2D eigenvalue weighted by Crippen LogP contribution is -2.05. The van der Waals surface area contributed by atoms with Gasteiger partial charge < -0.3 is 20.4 Å². The summed E-state index contributed by atoms with van der Waals surface area (Å²) in [5.74, 6) is -1.94. The molecule has 0 unspecified atom stereocenters. The van der Waals surface area contributed by atoms with Crippen molar-refractivity contribution in [1.29, 1.82) is 0 Å². The molecule has 0 radical (unpaired) electrons. The van der Waals surface area contributed by atoms with Gasteiger partial charge in [0.1, 0.15) is 11.4 Å². The van der Waals surface area contributed by atoms with Crippen LogP contribution in [-0.2, 0) is 6.18 Å². The summed E-state index contributed by atoms with van der Waals surface area (Å²) in [6.45, 7) is 3.25. The third kappa shape index (κ3) is 4.93. The number of halogens is 3. The van der Waals surface area contributed by atoms with Crippen LogP contribution in [0.1, 0.15) is 27.0 Å². The molecule has 0 aliphatic rings. The van der Waals surface area contributed by atoms with Crippen LogP contribution in [0, 0.1) is 13.8 Å². The molecule has 0 fully saturated rings. The molecule has 5 rings (SSSR count). The lowest BCUT2D eigenvalue weighted by atomic mass is 10.0. The number of carboxylic acid groups (broad SMARTS) is 1. The maximum Gasteiger partial charge on any atom is 0.416 e. The number of hydrogen-bond donors (Lipinski definition) is 4. The number of carboxylic acids is 1. The van der Waals surface area contributed by atoms with Crippen molar-refractivity contribution in [3.8, 4) is 34.2 Å². The van der Waals surface area contributed by atoms with Gasteiger partial charge in [0.25, 0.3) is 0 Å². The van der Waals surface area contributed by atoms with Gasteiger partial charge in [0.2, 0.25) is 5.88 Å². The van der Waals surface area contributed by atoms with E-state index >= 15 is 0 Å². The number of rotatable bonds is 5. The first-order chi connectivity index (χ1) is 19.4. The Labute approximate surface area is 230 Å². The minimum atomic E-state index is -4.65. The van der Waals surface area contributed by atoms with Crippen molar-refractivity contribution in [2.75, 3.05) is 0 Å². The van der Waals surface area contributed by atoms with Gasteiger partial charge in [-0.3, -0.25) is 4.57 Å². The van der Waals surface area contributed by atoms with Crippen LogP contribution in [0.2, 0.25) is 0 Å². The largest absolute Gasteiger partial charge is 0.507 e. The number of carbonyl (C=O) groups is 1. The van der Waals surface area contributed by atoms with Crippen LogP contribution >= 0.6 is 0 Å². The van der Waals surface area contributed by atoms with Crippen molar-refractivity contribution in [3.63, 3.8) is 0 Å². The van der Waals surface area contributed by atoms with Crippen molar-refractivity contribution in [2.24, 2.45) is 10.2 Å². The average Bonchev–Trinajstić information content (AvgIpc) is 3.20. The van der Waals surface area contributed by atoms with E-state index in [-0.39, 0.29) is 44.9 Å². The molecule has 0 saturated heterocycles. The third-order valence-corrected chi connectivity index (χ3v) is 6.67. The predicted octanol–water partition coefficient (Wildman–Crippen LogP) is 8.16. The van der Waals surface area contributed by atoms with E-state index in [0.717, 1.165) is 12.1 Å². The fraction of sp³-hybridized carbons (Fsp3) is 0.100. The number of hydrogen-bond acceptors (Lipinski definition) is 6. The Balaban J connectivity index is 1.67. The van der Waals surface area contributed by atoms with Crippen molar-refractivity contribution in [3.05, 3.63) is 95.1 Å². The number of aromatic carboxylic acids is 1. The highest BCUT2D eigenvalue weighted by Gasteiger charge is 2.32. The highest BCUT2D eigenvalue weighted by molar-refractivity contribution is 5.97. The van der Waals surface area contributed by atoms with Gasteiger partial charge in [-0.15, -0.1) is 10.2 Å². The van der Waals surface area contributed by atoms with Gasteiger partial charge >= 0.3 is 12.1 Å². The monoisotopic (exact) mass is 561 g/mol. The number of alkyl halides is 3. The number of phenolic OH excluding ortho intramolecular Hbond substituents is 2. The molecule has 0 aliphatic carbocycles. The average molecular weight is 562 g/mol. The first-order valence-corrected chi connectivity index (χ1v) is 12.2. The number of aryl methyl sites for hydroxylation is 2. The summed E-state index contributed by atoms with van der Waals surface area (Å²) in [6.07, 6.45) is -4.65. The zero-order chi connectivity index (χ0) is 29.6. The zero-order valence-corrected chi connectivity index (χ0v) is 21.6. The fourth-order valence-electron chi connectivity index (χ4n) is 4.62. The zero-order valence-electron chi connectivity index (χ0n) is 21.6. The molecule has 0 amide bonds. The normalized spacial score (nSPS) is 11.9. The summed E-state index contributed by atoms with van der Waals surface area (Å²) in [5.41, 5.74) is 0.802. The number of aromatic hydroxyl groups is 3. The van der Waals surface area contributed by atoms with Gasteiger partial charge in [0.15, 0.2) is 11.4 Å². The smallest absolute Gasteiger partial charge is 0.416 e. The molecule has 11 heteroatoms. The second kappa shape index (κ2) is 10.0. The minimum absolute atomic E-state index is 0.000719. The Morgan fingerprint density at radius 2 is 1.51 bits per heavy atom. The second-order valence-electron chi connectivity index (χ2n) is 9.42. The number of benzene rings is 4. The summed E-state index contributed by atoms with van der Waals surface area (Å²) in [6, 6.07) is 16.5. The first kappa shape index (κ1) is 27.3. The lowest BCUT2D eigenvalue weighted by Gasteiger charge is -2.12. The third-order valence-electron chi connectivity index (χ3n) is 6.67. The number of azo groups is 1. The van der Waals surface area contributed by atoms with Crippen LogP contribution in [0.4, 0.5) is 24.5 Å². The van der Waals surface area contributed by atoms with Gasteiger partial charge in [-0.25, -0.2) is 4.79 Å². The summed E-state index contributed by atoms with van der Waals surface area (Å²) in [4.78, 5) is 11.4. The molecular weight excluding hydrogens is 539 g/mol. The van der Waals surface area contributed by atoms with E-state index in [1.807, 2.05) is 0 Å². The van der Waals surface area contributed by atoms with Crippen LogP contribution in [0.15, 0.2) is 83.0 Å². The van der Waals surface area contributed by atoms with E-state index in [4.69, 9.17) is 0 Å². The number of phenols is 2. The van der Waals surface area contributed by atoms with Crippen LogP contribution in [-0.4, -0.2) is 31.0 Å². The Morgan fingerprint density at radius 1 is 0.829 bits per heavy atom. The Bertz CT molecular complexity index is 1850. The molecule has 0 aliphatic heterocycles. The van der Waals surface area contributed by atoms with E-state index in [0.29, 0.717) is 22.4 Å². The highest BCUT2D eigenvalue weighted by atomic mass is 19.4. The summed E-state index contributed by atoms with van der Waals surface area (Å²) >= 11 is 0. The molecule has 0 spiro atoms. The highest BCUT2D eigenvalue weighted by Crippen LogP contribution is 2.45. The number of nitrogens with zero attached hydrogens (tertiary/aromatic N) is 3. The molecule has 1 aromatic heterocycles. The van der Waals surface area contributed by atoms with Crippen LogP contribution in [0.5, 0.6) is 17.4 Å². The molecule has 0 saturated carbocycles. The lowest BCUT2D eigenvalue weighted by molar-refractivity contribution is -0.137. The van der Waals surface area contributed by atoms with Gasteiger partial charge in [0.05, 0.1) is 16.6 Å². The van der Waals surface area contributed by atoms with Crippen LogP contribution < -0.4 is 0 Å². The molecule has 208 valence electrons. The van der Waals surface area contributed by atoms with Gasteiger partial charge in [-0.1, -0.05) is 24.3 Å². The maximum atomic E-state index is 13.6. The van der Waals surface area contributed by atoms with Gasteiger partial charge in [-0.2, -0.15) is 13.2 Å². The van der Waals surface area contributed by atoms with E-state index in [2.05, 4.69) is 10.2 Å². The first-order valence-electron chi connectivity index (χ1n) is 12.2. The number of para-hydroxylation sites is 1. The summed E-state index contributed by atoms with van der Waals surface area (Å²) in [5, 5.41) is 50.0. The number of aromatic nitrogens is 1. The molecule has 1 heterocycles. The maximum absolute atomic E-state index is 13.6. The topological polar surface area (TPSA) is 128 Å². The van der Waals surface area contributed by atoms with Gasteiger partial charge in [0, 0.05) is 16.6 Å². The minimum Gasteiger partial charge on any atom is -0.507 e. The van der Waals surface area contributed by atoms with Crippen molar-refractivity contribution in [2.45, 2.75) is 20.0 Å². The molecular formula is C30H22F3N3O5. The van der Waals surface area contributed by atoms with Crippen molar-refractivity contribution >= 4 is 28.2 Å². The fourth-order valence-corrected chi connectivity index (χ4v) is 4.62. The van der Waals surface area contributed by atoms with Gasteiger partial charge in [-0.05, 0) is 79.1 Å². The molecule has 0 atom stereocenters.